The van der Waals surface area contributed by atoms with E-state index in [1.807, 2.05) is 0 Å². The number of piperidine rings is 1. The highest BCUT2D eigenvalue weighted by atomic mass is 32.2. The van der Waals surface area contributed by atoms with Gasteiger partial charge in [0.05, 0.1) is 5.56 Å². The maximum Gasteiger partial charge on any atom is 0.268 e. The molecule has 3 amide bonds. The number of likely N-dealkylation sites (tertiary alicyclic amines) is 1. The minimum absolute atomic E-state index is 0.0517. The molecule has 1 saturated heterocycles. The summed E-state index contributed by atoms with van der Waals surface area (Å²) in [6.07, 6.45) is 1.74. The summed E-state index contributed by atoms with van der Waals surface area (Å²) in [6, 6.07) is 4.22. The maximum atomic E-state index is 12.9. The van der Waals surface area contributed by atoms with Crippen LogP contribution in [-0.4, -0.2) is 61.5 Å². The normalized spacial score (nSPS) is 21.1. The van der Waals surface area contributed by atoms with Gasteiger partial charge in [-0.3, -0.25) is 14.4 Å². The van der Waals surface area contributed by atoms with Crippen molar-refractivity contribution in [2.75, 3.05) is 26.2 Å². The van der Waals surface area contributed by atoms with Gasteiger partial charge in [-0.15, -0.1) is 0 Å². The van der Waals surface area contributed by atoms with Crippen LogP contribution in [0.15, 0.2) is 23.1 Å². The summed E-state index contributed by atoms with van der Waals surface area (Å²) in [6.45, 7) is 4.70. The van der Waals surface area contributed by atoms with Crippen LogP contribution in [0.3, 0.4) is 0 Å². The molecule has 0 spiro atoms. The number of carbonyl (C=O) groups is 3. The molecule has 2 heterocycles. The van der Waals surface area contributed by atoms with E-state index in [0.29, 0.717) is 19.6 Å². The van der Waals surface area contributed by atoms with Crippen molar-refractivity contribution in [2.45, 2.75) is 31.6 Å². The molecule has 0 aromatic heterocycles. The van der Waals surface area contributed by atoms with Crippen LogP contribution in [0.25, 0.3) is 0 Å². The molecule has 0 saturated carbocycles. The van der Waals surface area contributed by atoms with Crippen LogP contribution in [0.2, 0.25) is 0 Å². The van der Waals surface area contributed by atoms with E-state index in [9.17, 15) is 22.8 Å². The van der Waals surface area contributed by atoms with Gasteiger partial charge in [0.1, 0.15) is 4.90 Å². The molecular formula is C18H23N3O5S. The third kappa shape index (κ3) is 3.55. The summed E-state index contributed by atoms with van der Waals surface area (Å²) >= 11 is 0. The second kappa shape index (κ2) is 7.30. The molecule has 146 valence electrons. The average Bonchev–Trinajstić information content (AvgIpc) is 2.84. The molecule has 8 nitrogen and oxygen atoms in total. The maximum absolute atomic E-state index is 12.9. The summed E-state index contributed by atoms with van der Waals surface area (Å²) in [5.74, 6) is -0.753. The van der Waals surface area contributed by atoms with Crippen molar-refractivity contribution in [3.63, 3.8) is 0 Å². The number of hydrogen-bond acceptors (Lipinski definition) is 5. The van der Waals surface area contributed by atoms with Gasteiger partial charge in [-0.25, -0.2) is 12.7 Å². The highest BCUT2D eigenvalue weighted by Crippen LogP contribution is 2.31. The van der Waals surface area contributed by atoms with Crippen molar-refractivity contribution in [1.29, 1.82) is 0 Å². The largest absolute Gasteiger partial charge is 0.356 e. The molecule has 2 aliphatic heterocycles. The first-order valence-corrected chi connectivity index (χ1v) is 10.4. The molecule has 2 aliphatic rings. The lowest BCUT2D eigenvalue weighted by Gasteiger charge is -2.33. The van der Waals surface area contributed by atoms with E-state index in [2.05, 4.69) is 5.32 Å². The smallest absolute Gasteiger partial charge is 0.268 e. The van der Waals surface area contributed by atoms with Gasteiger partial charge in [0.2, 0.25) is 5.91 Å². The van der Waals surface area contributed by atoms with E-state index >= 15 is 0 Å². The Balaban J connectivity index is 1.81. The first-order chi connectivity index (χ1) is 12.8. The number of fused-ring (bicyclic) bond motifs is 1. The van der Waals surface area contributed by atoms with Crippen LogP contribution in [0.1, 0.15) is 47.4 Å². The monoisotopic (exact) mass is 393 g/mol. The van der Waals surface area contributed by atoms with Crippen LogP contribution in [0.4, 0.5) is 0 Å². The minimum Gasteiger partial charge on any atom is -0.356 e. The fourth-order valence-electron chi connectivity index (χ4n) is 3.61. The van der Waals surface area contributed by atoms with Gasteiger partial charge in [-0.05, 0) is 43.9 Å². The molecule has 9 heteroatoms. The number of carbonyl (C=O) groups excluding carboxylic acids is 3. The van der Waals surface area contributed by atoms with Crippen molar-refractivity contribution in [2.24, 2.45) is 5.92 Å². The standard InChI is InChI=1S/C18H23N3O5S/c1-3-21-18(24)15-7-6-14(9-16(15)27(21,25)26)17(23)20-8-4-5-13(11-20)10-19-12(2)22/h6-7,9,13H,3-5,8,10-11H2,1-2H3,(H,19,22). The van der Waals surface area contributed by atoms with Gasteiger partial charge in [0.25, 0.3) is 21.8 Å². The van der Waals surface area contributed by atoms with Crippen molar-refractivity contribution in [3.8, 4) is 0 Å². The van der Waals surface area contributed by atoms with Gasteiger partial charge in [0, 0.05) is 38.7 Å². The zero-order valence-electron chi connectivity index (χ0n) is 15.4. The summed E-state index contributed by atoms with van der Waals surface area (Å²) in [5, 5.41) is 2.78. The summed E-state index contributed by atoms with van der Waals surface area (Å²) in [4.78, 5) is 37.8. The minimum atomic E-state index is -3.90. The first kappa shape index (κ1) is 19.3. The lowest BCUT2D eigenvalue weighted by Crippen LogP contribution is -2.43. The zero-order chi connectivity index (χ0) is 19.8. The molecule has 27 heavy (non-hydrogen) atoms. The molecule has 0 bridgehead atoms. The Morgan fingerprint density at radius 2 is 2.04 bits per heavy atom. The molecule has 0 radical (unpaired) electrons. The van der Waals surface area contributed by atoms with E-state index in [-0.39, 0.29) is 40.3 Å². The lowest BCUT2D eigenvalue weighted by molar-refractivity contribution is -0.119. The van der Waals surface area contributed by atoms with Crippen LogP contribution in [0, 0.1) is 5.92 Å². The predicted octanol–water partition coefficient (Wildman–Crippen LogP) is 0.839. The average molecular weight is 393 g/mol. The zero-order valence-corrected chi connectivity index (χ0v) is 16.2. The van der Waals surface area contributed by atoms with E-state index in [1.54, 1.807) is 11.8 Å². The Hall–Kier alpha value is -2.42. The quantitative estimate of drug-likeness (QED) is 0.816. The Bertz CT molecular complexity index is 896. The van der Waals surface area contributed by atoms with Crippen LogP contribution in [0.5, 0.6) is 0 Å². The molecule has 1 aromatic carbocycles. The molecule has 1 unspecified atom stereocenters. The third-order valence-corrected chi connectivity index (χ3v) is 6.88. The SMILES string of the molecule is CCN1C(=O)c2ccc(C(=O)N3CCCC(CNC(C)=O)C3)cc2S1(=O)=O. The van der Waals surface area contributed by atoms with Crippen molar-refractivity contribution >= 4 is 27.7 Å². The molecule has 0 aliphatic carbocycles. The van der Waals surface area contributed by atoms with Crippen LogP contribution >= 0.6 is 0 Å². The number of amides is 3. The topological polar surface area (TPSA) is 104 Å². The molecular weight excluding hydrogens is 370 g/mol. The van der Waals surface area contributed by atoms with Gasteiger partial charge in [0.15, 0.2) is 0 Å². The summed E-state index contributed by atoms with van der Waals surface area (Å²) in [7, 11) is -3.90. The number of hydrogen-bond donors (Lipinski definition) is 1. The molecule has 1 atom stereocenters. The predicted molar refractivity (Wildman–Crippen MR) is 97.6 cm³/mol. The van der Waals surface area contributed by atoms with E-state index in [4.69, 9.17) is 0 Å². The number of nitrogens with zero attached hydrogens (tertiary/aromatic N) is 2. The summed E-state index contributed by atoms with van der Waals surface area (Å²) < 4.78 is 25.9. The highest BCUT2D eigenvalue weighted by molar-refractivity contribution is 7.90. The Kier molecular flexibility index (Phi) is 5.23. The Labute approximate surface area is 158 Å². The first-order valence-electron chi connectivity index (χ1n) is 9.00. The van der Waals surface area contributed by atoms with Gasteiger partial charge in [-0.1, -0.05) is 0 Å². The van der Waals surface area contributed by atoms with Gasteiger partial charge in [-0.2, -0.15) is 0 Å². The number of benzene rings is 1. The fourth-order valence-corrected chi connectivity index (χ4v) is 5.21. The second-order valence-electron chi connectivity index (χ2n) is 6.88. The Morgan fingerprint density at radius 3 is 2.70 bits per heavy atom. The van der Waals surface area contributed by atoms with Crippen molar-refractivity contribution < 1.29 is 22.8 Å². The van der Waals surface area contributed by atoms with Crippen molar-refractivity contribution in [3.05, 3.63) is 29.3 Å². The van der Waals surface area contributed by atoms with Crippen LogP contribution < -0.4 is 5.32 Å². The number of nitrogens with one attached hydrogen (secondary N) is 1. The van der Waals surface area contributed by atoms with Crippen LogP contribution in [-0.2, 0) is 14.8 Å². The molecule has 1 fully saturated rings. The van der Waals surface area contributed by atoms with E-state index in [1.165, 1.54) is 25.1 Å². The van der Waals surface area contributed by atoms with Gasteiger partial charge >= 0.3 is 0 Å². The molecule has 1 aromatic rings. The number of rotatable bonds is 4. The molecule has 1 N–H and O–H groups in total. The number of sulfonamides is 1. The summed E-state index contributed by atoms with van der Waals surface area (Å²) in [5.41, 5.74) is 0.360. The van der Waals surface area contributed by atoms with E-state index in [0.717, 1.165) is 17.1 Å². The lowest BCUT2D eigenvalue weighted by atomic mass is 9.97. The van der Waals surface area contributed by atoms with Gasteiger partial charge < -0.3 is 10.2 Å². The third-order valence-electron chi connectivity index (χ3n) is 4.99. The molecule has 3 rings (SSSR count). The van der Waals surface area contributed by atoms with Crippen molar-refractivity contribution in [1.82, 2.24) is 14.5 Å². The Morgan fingerprint density at radius 1 is 1.30 bits per heavy atom. The highest BCUT2D eigenvalue weighted by Gasteiger charge is 2.40. The fraction of sp³-hybridized carbons (Fsp3) is 0.500. The van der Waals surface area contributed by atoms with E-state index < -0.39 is 15.9 Å². The second-order valence-corrected chi connectivity index (χ2v) is 8.71.